The van der Waals surface area contributed by atoms with E-state index in [1.165, 1.54) is 5.56 Å². The van der Waals surface area contributed by atoms with Crippen LogP contribution in [-0.4, -0.2) is 25.7 Å². The van der Waals surface area contributed by atoms with E-state index < -0.39 is 0 Å². The van der Waals surface area contributed by atoms with Crippen LogP contribution in [0.2, 0.25) is 0 Å². The SMILES string of the molecule is CCCN=C(N)NCCc1cccc(OCCC)c1. The van der Waals surface area contributed by atoms with E-state index in [1.807, 2.05) is 12.1 Å². The van der Waals surface area contributed by atoms with Gasteiger partial charge in [-0.15, -0.1) is 0 Å². The highest BCUT2D eigenvalue weighted by molar-refractivity contribution is 5.77. The molecule has 0 aromatic heterocycles. The molecule has 0 aliphatic rings. The average Bonchev–Trinajstić information content (AvgIpc) is 2.43. The van der Waals surface area contributed by atoms with Crippen molar-refractivity contribution in [3.05, 3.63) is 29.8 Å². The highest BCUT2D eigenvalue weighted by Crippen LogP contribution is 2.13. The first-order valence-corrected chi connectivity index (χ1v) is 7.01. The number of hydrogen-bond acceptors (Lipinski definition) is 2. The minimum absolute atomic E-state index is 0.528. The Morgan fingerprint density at radius 3 is 2.89 bits per heavy atom. The first-order chi connectivity index (χ1) is 9.26. The fourth-order valence-corrected chi connectivity index (χ4v) is 1.63. The summed E-state index contributed by atoms with van der Waals surface area (Å²) in [5.74, 6) is 1.47. The van der Waals surface area contributed by atoms with E-state index in [2.05, 4.69) is 36.3 Å². The Kier molecular flexibility index (Phi) is 7.47. The summed E-state index contributed by atoms with van der Waals surface area (Å²) in [6.07, 6.45) is 2.95. The van der Waals surface area contributed by atoms with Gasteiger partial charge in [-0.3, -0.25) is 4.99 Å². The zero-order valence-corrected chi connectivity index (χ0v) is 12.0. The third kappa shape index (κ3) is 6.70. The van der Waals surface area contributed by atoms with E-state index in [0.717, 1.165) is 44.7 Å². The predicted octanol–water partition coefficient (Wildman–Crippen LogP) is 2.33. The van der Waals surface area contributed by atoms with Gasteiger partial charge in [0, 0.05) is 13.1 Å². The summed E-state index contributed by atoms with van der Waals surface area (Å²) in [6, 6.07) is 8.19. The van der Waals surface area contributed by atoms with Crippen LogP contribution in [0.1, 0.15) is 32.3 Å². The quantitative estimate of drug-likeness (QED) is 0.559. The van der Waals surface area contributed by atoms with E-state index in [1.54, 1.807) is 0 Å². The summed E-state index contributed by atoms with van der Waals surface area (Å²) in [6.45, 7) is 6.51. The van der Waals surface area contributed by atoms with E-state index in [9.17, 15) is 0 Å². The fraction of sp³-hybridized carbons (Fsp3) is 0.533. The molecule has 0 amide bonds. The van der Waals surface area contributed by atoms with Crippen LogP contribution in [0.25, 0.3) is 0 Å². The second-order valence-corrected chi connectivity index (χ2v) is 4.44. The van der Waals surface area contributed by atoms with Crippen LogP contribution in [0.15, 0.2) is 29.3 Å². The lowest BCUT2D eigenvalue weighted by Gasteiger charge is -2.08. The second-order valence-electron chi connectivity index (χ2n) is 4.44. The zero-order valence-electron chi connectivity index (χ0n) is 12.0. The Hall–Kier alpha value is -1.71. The second kappa shape index (κ2) is 9.25. The molecule has 1 rings (SSSR count). The average molecular weight is 263 g/mol. The Morgan fingerprint density at radius 1 is 1.32 bits per heavy atom. The zero-order chi connectivity index (χ0) is 13.9. The van der Waals surface area contributed by atoms with E-state index >= 15 is 0 Å². The molecule has 0 aliphatic carbocycles. The molecule has 0 saturated carbocycles. The topological polar surface area (TPSA) is 59.6 Å². The molecule has 0 radical (unpaired) electrons. The van der Waals surface area contributed by atoms with Gasteiger partial charge < -0.3 is 15.8 Å². The van der Waals surface area contributed by atoms with Gasteiger partial charge in [0.1, 0.15) is 5.75 Å². The lowest BCUT2D eigenvalue weighted by molar-refractivity contribution is 0.317. The minimum Gasteiger partial charge on any atom is -0.494 e. The Bertz CT molecular complexity index is 391. The van der Waals surface area contributed by atoms with Crippen molar-refractivity contribution >= 4 is 5.96 Å². The van der Waals surface area contributed by atoms with Crippen molar-refractivity contribution < 1.29 is 4.74 Å². The third-order valence-electron chi connectivity index (χ3n) is 2.60. The summed E-state index contributed by atoms with van der Waals surface area (Å²) in [5, 5.41) is 3.12. The largest absolute Gasteiger partial charge is 0.494 e. The lowest BCUT2D eigenvalue weighted by Crippen LogP contribution is -2.33. The maximum Gasteiger partial charge on any atom is 0.188 e. The number of nitrogens with zero attached hydrogens (tertiary/aromatic N) is 1. The van der Waals surface area contributed by atoms with Crippen molar-refractivity contribution in [2.75, 3.05) is 19.7 Å². The Balaban J connectivity index is 2.36. The number of hydrogen-bond donors (Lipinski definition) is 2. The maximum absolute atomic E-state index is 5.73. The molecule has 0 unspecified atom stereocenters. The molecule has 1 aromatic carbocycles. The van der Waals surface area contributed by atoms with Crippen molar-refractivity contribution in [1.29, 1.82) is 0 Å². The fourth-order valence-electron chi connectivity index (χ4n) is 1.63. The summed E-state index contributed by atoms with van der Waals surface area (Å²) in [5.41, 5.74) is 6.97. The molecule has 0 heterocycles. The standard InChI is InChI=1S/C15H25N3O/c1-3-9-17-15(16)18-10-8-13-6-5-7-14(12-13)19-11-4-2/h5-7,12H,3-4,8-11H2,1-2H3,(H3,16,17,18). The summed E-state index contributed by atoms with van der Waals surface area (Å²) < 4.78 is 5.61. The number of rotatable bonds is 8. The number of aliphatic imine (C=N–C) groups is 1. The molecule has 106 valence electrons. The van der Waals surface area contributed by atoms with Gasteiger partial charge in [0.05, 0.1) is 6.61 Å². The number of ether oxygens (including phenoxy) is 1. The molecule has 0 aliphatic heterocycles. The van der Waals surface area contributed by atoms with Crippen molar-refractivity contribution in [2.24, 2.45) is 10.7 Å². The molecule has 4 nitrogen and oxygen atoms in total. The van der Waals surface area contributed by atoms with Gasteiger partial charge >= 0.3 is 0 Å². The van der Waals surface area contributed by atoms with Gasteiger partial charge in [-0.05, 0) is 37.0 Å². The van der Waals surface area contributed by atoms with Crippen LogP contribution in [0.5, 0.6) is 5.75 Å². The molecule has 0 atom stereocenters. The molecule has 0 spiro atoms. The summed E-state index contributed by atoms with van der Waals surface area (Å²) in [7, 11) is 0. The number of guanidine groups is 1. The van der Waals surface area contributed by atoms with Crippen molar-refractivity contribution in [3.63, 3.8) is 0 Å². The van der Waals surface area contributed by atoms with Gasteiger partial charge in [-0.2, -0.15) is 0 Å². The van der Waals surface area contributed by atoms with E-state index in [-0.39, 0.29) is 0 Å². The summed E-state index contributed by atoms with van der Waals surface area (Å²) >= 11 is 0. The van der Waals surface area contributed by atoms with Gasteiger partial charge in [0.2, 0.25) is 0 Å². The van der Waals surface area contributed by atoms with Crippen LogP contribution in [0.4, 0.5) is 0 Å². The number of nitrogens with one attached hydrogen (secondary N) is 1. The van der Waals surface area contributed by atoms with Crippen molar-refractivity contribution in [1.82, 2.24) is 5.32 Å². The molecular formula is C15H25N3O. The molecule has 0 bridgehead atoms. The molecule has 0 saturated heterocycles. The van der Waals surface area contributed by atoms with Crippen LogP contribution >= 0.6 is 0 Å². The summed E-state index contributed by atoms with van der Waals surface area (Å²) in [4.78, 5) is 4.19. The predicted molar refractivity (Wildman–Crippen MR) is 80.7 cm³/mol. The van der Waals surface area contributed by atoms with Crippen LogP contribution in [0, 0.1) is 0 Å². The normalized spacial score (nSPS) is 11.4. The van der Waals surface area contributed by atoms with E-state index in [0.29, 0.717) is 5.96 Å². The molecular weight excluding hydrogens is 238 g/mol. The van der Waals surface area contributed by atoms with Crippen LogP contribution in [-0.2, 0) is 6.42 Å². The van der Waals surface area contributed by atoms with Gasteiger partial charge in [-0.25, -0.2) is 0 Å². The van der Waals surface area contributed by atoms with Crippen LogP contribution < -0.4 is 15.8 Å². The molecule has 4 heteroatoms. The highest BCUT2D eigenvalue weighted by Gasteiger charge is 1.97. The molecule has 1 aromatic rings. The lowest BCUT2D eigenvalue weighted by atomic mass is 10.1. The van der Waals surface area contributed by atoms with Gasteiger partial charge in [-0.1, -0.05) is 26.0 Å². The van der Waals surface area contributed by atoms with Gasteiger partial charge in [0.25, 0.3) is 0 Å². The maximum atomic E-state index is 5.73. The number of nitrogens with two attached hydrogens (primary N) is 1. The monoisotopic (exact) mass is 263 g/mol. The Morgan fingerprint density at radius 2 is 2.16 bits per heavy atom. The van der Waals surface area contributed by atoms with Crippen LogP contribution in [0.3, 0.4) is 0 Å². The molecule has 0 fully saturated rings. The van der Waals surface area contributed by atoms with Crippen molar-refractivity contribution in [2.45, 2.75) is 33.1 Å². The van der Waals surface area contributed by atoms with Crippen molar-refractivity contribution in [3.8, 4) is 5.75 Å². The third-order valence-corrected chi connectivity index (χ3v) is 2.60. The van der Waals surface area contributed by atoms with Gasteiger partial charge in [0.15, 0.2) is 5.96 Å². The van der Waals surface area contributed by atoms with E-state index in [4.69, 9.17) is 10.5 Å². The smallest absolute Gasteiger partial charge is 0.188 e. The molecule has 19 heavy (non-hydrogen) atoms. The number of benzene rings is 1. The minimum atomic E-state index is 0.528. The first-order valence-electron chi connectivity index (χ1n) is 7.01. The highest BCUT2D eigenvalue weighted by atomic mass is 16.5. The first kappa shape index (κ1) is 15.3. The molecule has 3 N–H and O–H groups in total. The Labute approximate surface area is 116 Å².